The third kappa shape index (κ3) is 3.32. The molecule has 0 spiro atoms. The summed E-state index contributed by atoms with van der Waals surface area (Å²) in [5.41, 5.74) is 1.69. The molecule has 1 aromatic rings. The molecular formula is C14H17NO3. The van der Waals surface area contributed by atoms with Crippen LogP contribution in [0.3, 0.4) is 0 Å². The molecule has 0 heterocycles. The second kappa shape index (κ2) is 5.21. The first kappa shape index (κ1) is 12.6. The molecule has 1 aliphatic rings. The van der Waals surface area contributed by atoms with Gasteiger partial charge in [-0.05, 0) is 25.3 Å². The van der Waals surface area contributed by atoms with Crippen LogP contribution in [0.4, 0.5) is 0 Å². The Bertz CT molecular complexity index is 466. The van der Waals surface area contributed by atoms with Crippen molar-refractivity contribution in [2.45, 2.75) is 38.1 Å². The molecule has 4 nitrogen and oxygen atoms in total. The predicted octanol–water partition coefficient (Wildman–Crippen LogP) is 1.83. The van der Waals surface area contributed by atoms with Crippen molar-refractivity contribution < 1.29 is 14.7 Å². The summed E-state index contributed by atoms with van der Waals surface area (Å²) in [6.07, 6.45) is 2.02. The number of carboxylic acid groups (broad SMARTS) is 1. The first-order chi connectivity index (χ1) is 8.56. The predicted molar refractivity (Wildman–Crippen MR) is 67.3 cm³/mol. The molecule has 2 rings (SSSR count). The number of aryl methyl sites for hydroxylation is 1. The van der Waals surface area contributed by atoms with Crippen LogP contribution < -0.4 is 5.32 Å². The van der Waals surface area contributed by atoms with Crippen LogP contribution in [0.15, 0.2) is 24.3 Å². The lowest BCUT2D eigenvalue weighted by Crippen LogP contribution is -2.29. The molecule has 1 atom stereocenters. The van der Waals surface area contributed by atoms with Crippen molar-refractivity contribution in [1.82, 2.24) is 5.32 Å². The maximum Gasteiger partial charge on any atom is 0.311 e. The molecule has 1 aromatic carbocycles. The molecule has 4 heteroatoms. The summed E-state index contributed by atoms with van der Waals surface area (Å²) >= 11 is 0. The minimum atomic E-state index is -0.952. The lowest BCUT2D eigenvalue weighted by molar-refractivity contribution is -0.140. The molecule has 0 aliphatic heterocycles. The van der Waals surface area contributed by atoms with Crippen LogP contribution in [-0.4, -0.2) is 23.0 Å². The molecule has 1 amide bonds. The smallest absolute Gasteiger partial charge is 0.311 e. The van der Waals surface area contributed by atoms with E-state index in [2.05, 4.69) is 5.32 Å². The van der Waals surface area contributed by atoms with Gasteiger partial charge in [0.15, 0.2) is 0 Å². The Hall–Kier alpha value is -1.84. The van der Waals surface area contributed by atoms with Crippen LogP contribution in [0, 0.1) is 6.92 Å². The SMILES string of the molecule is Cc1cccc(C(CC(=O)NC2CC2)C(=O)O)c1. The Kier molecular flexibility index (Phi) is 3.65. The summed E-state index contributed by atoms with van der Waals surface area (Å²) < 4.78 is 0. The van der Waals surface area contributed by atoms with Gasteiger partial charge < -0.3 is 10.4 Å². The maximum absolute atomic E-state index is 11.7. The molecular weight excluding hydrogens is 230 g/mol. The van der Waals surface area contributed by atoms with Crippen molar-refractivity contribution >= 4 is 11.9 Å². The molecule has 0 radical (unpaired) electrons. The van der Waals surface area contributed by atoms with Gasteiger partial charge in [0, 0.05) is 12.5 Å². The van der Waals surface area contributed by atoms with Gasteiger partial charge in [0.25, 0.3) is 0 Å². The van der Waals surface area contributed by atoms with Crippen molar-refractivity contribution in [3.8, 4) is 0 Å². The number of benzene rings is 1. The Labute approximate surface area is 106 Å². The van der Waals surface area contributed by atoms with E-state index in [0.29, 0.717) is 5.56 Å². The van der Waals surface area contributed by atoms with E-state index in [1.165, 1.54) is 0 Å². The maximum atomic E-state index is 11.7. The van der Waals surface area contributed by atoms with Crippen LogP contribution in [-0.2, 0) is 9.59 Å². The minimum absolute atomic E-state index is 0.00921. The summed E-state index contributed by atoms with van der Waals surface area (Å²) in [5, 5.41) is 12.1. The topological polar surface area (TPSA) is 66.4 Å². The summed E-state index contributed by atoms with van der Waals surface area (Å²) in [7, 11) is 0. The van der Waals surface area contributed by atoms with E-state index < -0.39 is 11.9 Å². The Balaban J connectivity index is 2.07. The minimum Gasteiger partial charge on any atom is -0.481 e. The summed E-state index contributed by atoms with van der Waals surface area (Å²) in [6.45, 7) is 1.91. The highest BCUT2D eigenvalue weighted by Gasteiger charge is 2.27. The van der Waals surface area contributed by atoms with Crippen molar-refractivity contribution in [2.24, 2.45) is 0 Å². The van der Waals surface area contributed by atoms with Crippen molar-refractivity contribution in [1.29, 1.82) is 0 Å². The molecule has 0 saturated heterocycles. The molecule has 1 unspecified atom stereocenters. The van der Waals surface area contributed by atoms with Gasteiger partial charge in [-0.3, -0.25) is 9.59 Å². The van der Waals surface area contributed by atoms with Crippen LogP contribution in [0.2, 0.25) is 0 Å². The van der Waals surface area contributed by atoms with Gasteiger partial charge >= 0.3 is 5.97 Å². The van der Waals surface area contributed by atoms with Crippen molar-refractivity contribution in [3.63, 3.8) is 0 Å². The fourth-order valence-electron chi connectivity index (χ4n) is 1.93. The zero-order valence-electron chi connectivity index (χ0n) is 10.3. The van der Waals surface area contributed by atoms with Gasteiger partial charge in [-0.1, -0.05) is 29.8 Å². The summed E-state index contributed by atoms with van der Waals surface area (Å²) in [4.78, 5) is 23.0. The zero-order chi connectivity index (χ0) is 13.1. The number of nitrogens with one attached hydrogen (secondary N) is 1. The van der Waals surface area contributed by atoms with Crippen molar-refractivity contribution in [3.05, 3.63) is 35.4 Å². The summed E-state index contributed by atoms with van der Waals surface area (Å²) in [5.74, 6) is -1.89. The number of amides is 1. The van der Waals surface area contributed by atoms with Crippen LogP contribution in [0.25, 0.3) is 0 Å². The molecule has 0 aromatic heterocycles. The molecule has 18 heavy (non-hydrogen) atoms. The second-order valence-electron chi connectivity index (χ2n) is 4.85. The molecule has 96 valence electrons. The highest BCUT2D eigenvalue weighted by Crippen LogP contribution is 2.23. The zero-order valence-corrected chi connectivity index (χ0v) is 10.3. The van der Waals surface area contributed by atoms with Crippen LogP contribution in [0.1, 0.15) is 36.3 Å². The average Bonchev–Trinajstić information content (AvgIpc) is 3.09. The van der Waals surface area contributed by atoms with E-state index in [9.17, 15) is 14.7 Å². The number of aliphatic carboxylic acids is 1. The lowest BCUT2D eigenvalue weighted by atomic mass is 9.94. The third-order valence-corrected chi connectivity index (χ3v) is 3.07. The number of rotatable bonds is 5. The Morgan fingerprint density at radius 1 is 1.44 bits per heavy atom. The van der Waals surface area contributed by atoms with Crippen LogP contribution >= 0.6 is 0 Å². The van der Waals surface area contributed by atoms with Gasteiger partial charge in [0.1, 0.15) is 0 Å². The van der Waals surface area contributed by atoms with E-state index in [1.54, 1.807) is 6.07 Å². The quantitative estimate of drug-likeness (QED) is 0.834. The molecule has 1 saturated carbocycles. The number of carbonyl (C=O) groups is 2. The average molecular weight is 247 g/mol. The Morgan fingerprint density at radius 3 is 2.72 bits per heavy atom. The van der Waals surface area contributed by atoms with Gasteiger partial charge in [0.05, 0.1) is 5.92 Å². The van der Waals surface area contributed by atoms with E-state index in [4.69, 9.17) is 0 Å². The summed E-state index contributed by atoms with van der Waals surface area (Å²) in [6, 6.07) is 7.58. The van der Waals surface area contributed by atoms with Crippen LogP contribution in [0.5, 0.6) is 0 Å². The van der Waals surface area contributed by atoms with E-state index in [-0.39, 0.29) is 18.4 Å². The van der Waals surface area contributed by atoms with Gasteiger partial charge in [-0.15, -0.1) is 0 Å². The van der Waals surface area contributed by atoms with Gasteiger partial charge in [-0.2, -0.15) is 0 Å². The highest BCUT2D eigenvalue weighted by atomic mass is 16.4. The third-order valence-electron chi connectivity index (χ3n) is 3.07. The van der Waals surface area contributed by atoms with E-state index in [0.717, 1.165) is 18.4 Å². The van der Waals surface area contributed by atoms with Gasteiger partial charge in [-0.25, -0.2) is 0 Å². The molecule has 0 bridgehead atoms. The largest absolute Gasteiger partial charge is 0.481 e. The fourth-order valence-corrected chi connectivity index (χ4v) is 1.93. The first-order valence-electron chi connectivity index (χ1n) is 6.15. The lowest BCUT2D eigenvalue weighted by Gasteiger charge is -2.13. The fraction of sp³-hybridized carbons (Fsp3) is 0.429. The molecule has 1 aliphatic carbocycles. The van der Waals surface area contributed by atoms with E-state index in [1.807, 2.05) is 25.1 Å². The number of hydrogen-bond acceptors (Lipinski definition) is 2. The van der Waals surface area contributed by atoms with Gasteiger partial charge in [0.2, 0.25) is 5.91 Å². The molecule has 1 fully saturated rings. The van der Waals surface area contributed by atoms with Crippen molar-refractivity contribution in [2.75, 3.05) is 0 Å². The highest BCUT2D eigenvalue weighted by molar-refractivity contribution is 5.86. The molecule has 2 N–H and O–H groups in total. The number of hydrogen-bond donors (Lipinski definition) is 2. The standard InChI is InChI=1S/C14H17NO3/c1-9-3-2-4-10(7-9)12(14(17)18)8-13(16)15-11-5-6-11/h2-4,7,11-12H,5-6,8H2,1H3,(H,15,16)(H,17,18). The monoisotopic (exact) mass is 247 g/mol. The first-order valence-corrected chi connectivity index (χ1v) is 6.15. The number of carbonyl (C=O) groups excluding carboxylic acids is 1. The number of carboxylic acids is 1. The Morgan fingerprint density at radius 2 is 2.17 bits per heavy atom. The van der Waals surface area contributed by atoms with E-state index >= 15 is 0 Å². The normalized spacial score (nSPS) is 16.1. The second-order valence-corrected chi connectivity index (χ2v) is 4.85.